The second-order valence-electron chi connectivity index (χ2n) is 7.09. The SMILES string of the molecule is CCC(=O)N1CC[C@@H](c2cc(Cc3ccc(C(F)(F)F)cc3)cc(C)n2)C1. The molecule has 1 saturated heterocycles. The fraction of sp³-hybridized carbons (Fsp3) is 0.429. The molecule has 144 valence electrons. The number of benzene rings is 1. The van der Waals surface area contributed by atoms with Gasteiger partial charge in [-0.25, -0.2) is 0 Å². The Morgan fingerprint density at radius 1 is 1.19 bits per heavy atom. The standard InChI is InChI=1S/C21H23F3N2O/c1-3-20(27)26-9-8-17(13-26)19-12-16(10-14(2)25-19)11-15-4-6-18(7-5-15)21(22,23)24/h4-7,10,12,17H,3,8-9,11,13H2,1-2H3/t17-/m1/s1. The number of hydrogen-bond acceptors (Lipinski definition) is 2. The van der Waals surface area contributed by atoms with Gasteiger partial charge in [-0.3, -0.25) is 9.78 Å². The molecular weight excluding hydrogens is 353 g/mol. The van der Waals surface area contributed by atoms with Crippen LogP contribution in [-0.4, -0.2) is 28.9 Å². The Balaban J connectivity index is 1.75. The van der Waals surface area contributed by atoms with Crippen LogP contribution < -0.4 is 0 Å². The predicted octanol–water partition coefficient (Wildman–Crippen LogP) is 4.73. The molecule has 0 radical (unpaired) electrons. The number of nitrogens with zero attached hydrogens (tertiary/aromatic N) is 2. The lowest BCUT2D eigenvalue weighted by molar-refractivity contribution is -0.137. The summed E-state index contributed by atoms with van der Waals surface area (Å²) in [6.07, 6.45) is -2.36. The summed E-state index contributed by atoms with van der Waals surface area (Å²) in [6.45, 7) is 5.22. The van der Waals surface area contributed by atoms with Gasteiger partial charge in [0.15, 0.2) is 0 Å². The fourth-order valence-electron chi connectivity index (χ4n) is 3.58. The van der Waals surface area contributed by atoms with Crippen LogP contribution in [0.4, 0.5) is 13.2 Å². The third kappa shape index (κ3) is 4.67. The fourth-order valence-corrected chi connectivity index (χ4v) is 3.58. The number of carbonyl (C=O) groups excluding carboxylic acids is 1. The van der Waals surface area contributed by atoms with E-state index in [9.17, 15) is 18.0 Å². The molecule has 1 fully saturated rings. The lowest BCUT2D eigenvalue weighted by atomic mass is 9.98. The molecule has 1 aromatic heterocycles. The van der Waals surface area contributed by atoms with Crippen molar-refractivity contribution < 1.29 is 18.0 Å². The van der Waals surface area contributed by atoms with E-state index in [-0.39, 0.29) is 11.8 Å². The second-order valence-corrected chi connectivity index (χ2v) is 7.09. The molecule has 3 nitrogen and oxygen atoms in total. The summed E-state index contributed by atoms with van der Waals surface area (Å²) in [7, 11) is 0. The Morgan fingerprint density at radius 3 is 2.52 bits per heavy atom. The van der Waals surface area contributed by atoms with Crippen molar-refractivity contribution >= 4 is 5.91 Å². The van der Waals surface area contributed by atoms with Crippen LogP contribution in [0.15, 0.2) is 36.4 Å². The Kier molecular flexibility index (Phi) is 5.53. The average molecular weight is 376 g/mol. The van der Waals surface area contributed by atoms with Crippen molar-refractivity contribution in [2.24, 2.45) is 0 Å². The van der Waals surface area contributed by atoms with E-state index in [1.165, 1.54) is 12.1 Å². The van der Waals surface area contributed by atoms with Crippen molar-refractivity contribution in [2.45, 2.75) is 45.2 Å². The van der Waals surface area contributed by atoms with Crippen molar-refractivity contribution in [3.63, 3.8) is 0 Å². The minimum absolute atomic E-state index is 0.162. The molecule has 3 rings (SSSR count). The van der Waals surface area contributed by atoms with Crippen molar-refractivity contribution in [1.29, 1.82) is 0 Å². The summed E-state index contributed by atoms with van der Waals surface area (Å²) < 4.78 is 38.1. The van der Waals surface area contributed by atoms with Gasteiger partial charge in [0.2, 0.25) is 5.91 Å². The van der Waals surface area contributed by atoms with Crippen LogP contribution in [0.5, 0.6) is 0 Å². The molecule has 1 atom stereocenters. The van der Waals surface area contributed by atoms with Gasteiger partial charge in [-0.15, -0.1) is 0 Å². The Morgan fingerprint density at radius 2 is 1.89 bits per heavy atom. The van der Waals surface area contributed by atoms with E-state index in [1.54, 1.807) is 0 Å². The molecular formula is C21H23F3N2O. The van der Waals surface area contributed by atoms with Crippen molar-refractivity contribution in [3.05, 3.63) is 64.5 Å². The molecule has 2 heterocycles. The number of rotatable bonds is 4. The quantitative estimate of drug-likeness (QED) is 0.773. The highest BCUT2D eigenvalue weighted by atomic mass is 19.4. The third-order valence-electron chi connectivity index (χ3n) is 4.98. The first-order chi connectivity index (χ1) is 12.8. The van der Waals surface area contributed by atoms with Crippen molar-refractivity contribution in [2.75, 3.05) is 13.1 Å². The van der Waals surface area contributed by atoms with Gasteiger partial charge in [-0.05, 0) is 55.2 Å². The zero-order chi connectivity index (χ0) is 19.6. The van der Waals surface area contributed by atoms with Crippen LogP contribution in [0.2, 0.25) is 0 Å². The summed E-state index contributed by atoms with van der Waals surface area (Å²) in [5.74, 6) is 0.377. The van der Waals surface area contributed by atoms with E-state index in [0.29, 0.717) is 19.4 Å². The molecule has 0 saturated carbocycles. The van der Waals surface area contributed by atoms with Crippen LogP contribution in [0.3, 0.4) is 0 Å². The number of pyridine rings is 1. The largest absolute Gasteiger partial charge is 0.416 e. The Bertz CT molecular complexity index is 815. The van der Waals surface area contributed by atoms with Gasteiger partial charge >= 0.3 is 6.18 Å². The number of aryl methyl sites for hydroxylation is 1. The molecule has 0 aliphatic carbocycles. The number of aromatic nitrogens is 1. The monoisotopic (exact) mass is 376 g/mol. The maximum Gasteiger partial charge on any atom is 0.416 e. The van der Waals surface area contributed by atoms with E-state index < -0.39 is 11.7 Å². The molecule has 1 aliphatic heterocycles. The Labute approximate surface area is 157 Å². The van der Waals surface area contributed by atoms with Gasteiger partial charge in [0.05, 0.1) is 5.56 Å². The summed E-state index contributed by atoms with van der Waals surface area (Å²) in [4.78, 5) is 18.4. The number of alkyl halides is 3. The molecule has 0 unspecified atom stereocenters. The van der Waals surface area contributed by atoms with E-state index >= 15 is 0 Å². The topological polar surface area (TPSA) is 33.2 Å². The van der Waals surface area contributed by atoms with Crippen LogP contribution in [0.1, 0.15) is 53.8 Å². The Hall–Kier alpha value is -2.37. The highest BCUT2D eigenvalue weighted by Crippen LogP contribution is 2.30. The molecule has 0 N–H and O–H groups in total. The zero-order valence-corrected chi connectivity index (χ0v) is 15.5. The number of carbonyl (C=O) groups is 1. The van der Waals surface area contributed by atoms with Crippen molar-refractivity contribution in [1.82, 2.24) is 9.88 Å². The maximum absolute atomic E-state index is 12.7. The summed E-state index contributed by atoms with van der Waals surface area (Å²) >= 11 is 0. The summed E-state index contributed by atoms with van der Waals surface area (Å²) in [5.41, 5.74) is 3.06. The first kappa shape index (κ1) is 19.4. The van der Waals surface area contributed by atoms with E-state index in [4.69, 9.17) is 0 Å². The van der Waals surface area contributed by atoms with Gasteiger partial charge in [0.25, 0.3) is 0 Å². The summed E-state index contributed by atoms with van der Waals surface area (Å²) in [6, 6.07) is 9.27. The van der Waals surface area contributed by atoms with E-state index in [1.807, 2.05) is 30.9 Å². The minimum atomic E-state index is -4.32. The van der Waals surface area contributed by atoms with Gasteiger partial charge in [0, 0.05) is 36.8 Å². The van der Waals surface area contributed by atoms with Gasteiger partial charge < -0.3 is 4.90 Å². The molecule has 1 amide bonds. The van der Waals surface area contributed by atoms with Crippen LogP contribution >= 0.6 is 0 Å². The average Bonchev–Trinajstić information content (AvgIpc) is 3.10. The second kappa shape index (κ2) is 7.71. The number of hydrogen-bond donors (Lipinski definition) is 0. The highest BCUT2D eigenvalue weighted by molar-refractivity contribution is 5.76. The smallest absolute Gasteiger partial charge is 0.342 e. The van der Waals surface area contributed by atoms with Crippen LogP contribution in [0.25, 0.3) is 0 Å². The number of halogens is 3. The number of likely N-dealkylation sites (tertiary alicyclic amines) is 1. The van der Waals surface area contributed by atoms with Crippen LogP contribution in [0, 0.1) is 6.92 Å². The minimum Gasteiger partial charge on any atom is -0.342 e. The summed E-state index contributed by atoms with van der Waals surface area (Å²) in [5, 5.41) is 0. The van der Waals surface area contributed by atoms with Gasteiger partial charge in [-0.2, -0.15) is 13.2 Å². The van der Waals surface area contributed by atoms with E-state index in [2.05, 4.69) is 4.98 Å². The molecule has 0 bridgehead atoms. The van der Waals surface area contributed by atoms with Crippen LogP contribution in [-0.2, 0) is 17.4 Å². The maximum atomic E-state index is 12.7. The lowest BCUT2D eigenvalue weighted by Crippen LogP contribution is -2.27. The number of amides is 1. The zero-order valence-electron chi connectivity index (χ0n) is 15.5. The molecule has 2 aromatic rings. The first-order valence-electron chi connectivity index (χ1n) is 9.17. The molecule has 6 heteroatoms. The lowest BCUT2D eigenvalue weighted by Gasteiger charge is -2.16. The van der Waals surface area contributed by atoms with E-state index in [0.717, 1.165) is 47.6 Å². The van der Waals surface area contributed by atoms with Crippen molar-refractivity contribution in [3.8, 4) is 0 Å². The highest BCUT2D eigenvalue weighted by Gasteiger charge is 2.30. The molecule has 27 heavy (non-hydrogen) atoms. The predicted molar refractivity (Wildman–Crippen MR) is 97.5 cm³/mol. The van der Waals surface area contributed by atoms with Gasteiger partial charge in [-0.1, -0.05) is 19.1 Å². The third-order valence-corrected chi connectivity index (χ3v) is 4.98. The first-order valence-corrected chi connectivity index (χ1v) is 9.17. The van der Waals surface area contributed by atoms with Gasteiger partial charge in [0.1, 0.15) is 0 Å². The molecule has 1 aromatic carbocycles. The molecule has 0 spiro atoms. The molecule has 1 aliphatic rings. The normalized spacial score (nSPS) is 17.4.